The van der Waals surface area contributed by atoms with Gasteiger partial charge in [-0.3, -0.25) is 14.4 Å². The number of fused-ring (bicyclic) bond motifs is 2. The van der Waals surface area contributed by atoms with Gasteiger partial charge in [-0.25, -0.2) is 8.78 Å². The first kappa shape index (κ1) is 20.0. The van der Waals surface area contributed by atoms with E-state index in [0.717, 1.165) is 25.3 Å². The Kier molecular flexibility index (Phi) is 5.25. The number of hydrogen-bond acceptors (Lipinski definition) is 5. The molecule has 1 unspecified atom stereocenters. The van der Waals surface area contributed by atoms with Crippen molar-refractivity contribution in [3.63, 3.8) is 0 Å². The Bertz CT molecular complexity index is 1090. The molecule has 1 atom stereocenters. The number of carbonyl (C=O) groups excluding carboxylic acids is 2. The molecule has 158 valence electrons. The molecule has 2 aliphatic rings. The number of aromatic nitrogens is 1. The van der Waals surface area contributed by atoms with Gasteiger partial charge in [0.15, 0.2) is 5.69 Å². The second-order valence-electron chi connectivity index (χ2n) is 7.39. The summed E-state index contributed by atoms with van der Waals surface area (Å²) in [6.45, 7) is 0.748. The summed E-state index contributed by atoms with van der Waals surface area (Å²) in [6, 6.07) is 2.95. The summed E-state index contributed by atoms with van der Waals surface area (Å²) in [4.78, 5) is 44.7. The fraction of sp³-hybridized carbons (Fsp3) is 0.350. The molecule has 10 heteroatoms. The lowest BCUT2D eigenvalue weighted by molar-refractivity contribution is 0.0502. The van der Waals surface area contributed by atoms with E-state index in [-0.39, 0.29) is 35.3 Å². The van der Waals surface area contributed by atoms with E-state index < -0.39 is 28.7 Å². The maximum Gasteiger partial charge on any atom is 0.274 e. The second kappa shape index (κ2) is 7.86. The molecule has 0 radical (unpaired) electrons. The number of carbonyl (C=O) groups is 2. The first-order valence-corrected chi connectivity index (χ1v) is 9.58. The van der Waals surface area contributed by atoms with E-state index in [1.807, 2.05) is 0 Å². The smallest absolute Gasteiger partial charge is 0.274 e. The van der Waals surface area contributed by atoms with Crippen LogP contribution in [0.25, 0.3) is 0 Å². The molecular weight excluding hydrogens is 398 g/mol. The highest BCUT2D eigenvalue weighted by atomic mass is 19.1. The van der Waals surface area contributed by atoms with Crippen LogP contribution in [-0.2, 0) is 13.1 Å². The number of amides is 2. The molecule has 2 aromatic rings. The molecule has 2 amide bonds. The first-order chi connectivity index (χ1) is 14.4. The number of nitrogens with zero attached hydrogens (tertiary/aromatic N) is 2. The highest BCUT2D eigenvalue weighted by Crippen LogP contribution is 2.29. The molecule has 3 heterocycles. The SMILES string of the molecule is NOc1c2n(cc(C(=O)NCc3ccc(F)cc3F)c1=O)CC1CCCCN1C2=O. The zero-order valence-electron chi connectivity index (χ0n) is 16.0. The van der Waals surface area contributed by atoms with Crippen molar-refractivity contribution in [2.45, 2.75) is 38.4 Å². The molecule has 3 N–H and O–H groups in total. The molecule has 0 spiro atoms. The maximum atomic E-state index is 13.8. The number of hydrogen-bond donors (Lipinski definition) is 2. The molecule has 4 rings (SSSR count). The second-order valence-corrected chi connectivity index (χ2v) is 7.39. The van der Waals surface area contributed by atoms with E-state index in [1.165, 1.54) is 16.8 Å². The highest BCUT2D eigenvalue weighted by molar-refractivity contribution is 5.99. The van der Waals surface area contributed by atoms with Crippen molar-refractivity contribution in [3.05, 3.63) is 63.1 Å². The van der Waals surface area contributed by atoms with Crippen molar-refractivity contribution in [2.24, 2.45) is 5.90 Å². The Hall–Kier alpha value is -3.27. The van der Waals surface area contributed by atoms with Crippen molar-refractivity contribution in [1.82, 2.24) is 14.8 Å². The van der Waals surface area contributed by atoms with Gasteiger partial charge in [0.25, 0.3) is 11.8 Å². The van der Waals surface area contributed by atoms with Crippen LogP contribution in [0.5, 0.6) is 5.75 Å². The third kappa shape index (κ3) is 3.43. The van der Waals surface area contributed by atoms with Crippen molar-refractivity contribution in [2.75, 3.05) is 6.54 Å². The Morgan fingerprint density at radius 1 is 1.27 bits per heavy atom. The average Bonchev–Trinajstić information content (AvgIpc) is 2.73. The molecule has 1 aromatic heterocycles. The van der Waals surface area contributed by atoms with E-state index in [1.54, 1.807) is 4.90 Å². The van der Waals surface area contributed by atoms with Crippen LogP contribution in [0, 0.1) is 11.6 Å². The molecular formula is C20H20F2N4O4. The molecule has 1 saturated heterocycles. The molecule has 2 aliphatic heterocycles. The first-order valence-electron chi connectivity index (χ1n) is 9.58. The highest BCUT2D eigenvalue weighted by Gasteiger charge is 2.37. The number of pyridine rings is 1. The number of halogens is 2. The minimum atomic E-state index is -0.829. The van der Waals surface area contributed by atoms with Gasteiger partial charge in [-0.1, -0.05) is 6.07 Å². The summed E-state index contributed by atoms with van der Waals surface area (Å²) >= 11 is 0. The van der Waals surface area contributed by atoms with Gasteiger partial charge in [-0.15, -0.1) is 0 Å². The zero-order valence-corrected chi connectivity index (χ0v) is 16.0. The van der Waals surface area contributed by atoms with Gasteiger partial charge in [-0.05, 0) is 25.3 Å². The normalized spacial score (nSPS) is 17.9. The molecule has 1 fully saturated rings. The Labute approximate surface area is 170 Å². The van der Waals surface area contributed by atoms with Crippen LogP contribution in [0.1, 0.15) is 45.7 Å². The minimum absolute atomic E-state index is 0.0155. The fourth-order valence-corrected chi connectivity index (χ4v) is 4.03. The van der Waals surface area contributed by atoms with E-state index in [0.29, 0.717) is 19.2 Å². The summed E-state index contributed by atoms with van der Waals surface area (Å²) in [5.74, 6) is 2.19. The standard InChI is InChI=1S/C20H20F2N4O4/c21-12-5-4-11(15(22)7-12)8-24-19(28)14-10-25-9-13-3-1-2-6-26(13)20(29)16(25)18(30-23)17(14)27/h4-5,7,10,13H,1-3,6,8-9,23H2,(H,24,28). The largest absolute Gasteiger partial charge is 0.405 e. The Morgan fingerprint density at radius 2 is 2.07 bits per heavy atom. The topological polar surface area (TPSA) is 107 Å². The zero-order chi connectivity index (χ0) is 21.4. The van der Waals surface area contributed by atoms with E-state index in [2.05, 4.69) is 5.32 Å². The van der Waals surface area contributed by atoms with Crippen LogP contribution in [-0.4, -0.2) is 33.9 Å². The monoisotopic (exact) mass is 418 g/mol. The minimum Gasteiger partial charge on any atom is -0.405 e. The molecule has 0 saturated carbocycles. The van der Waals surface area contributed by atoms with Crippen LogP contribution in [0.4, 0.5) is 8.78 Å². The number of benzene rings is 1. The average molecular weight is 418 g/mol. The van der Waals surface area contributed by atoms with Crippen LogP contribution in [0.3, 0.4) is 0 Å². The Morgan fingerprint density at radius 3 is 2.80 bits per heavy atom. The van der Waals surface area contributed by atoms with Crippen LogP contribution >= 0.6 is 0 Å². The van der Waals surface area contributed by atoms with Gasteiger partial charge in [0.2, 0.25) is 11.2 Å². The molecule has 0 bridgehead atoms. The van der Waals surface area contributed by atoms with Gasteiger partial charge in [-0.2, -0.15) is 5.90 Å². The third-order valence-corrected chi connectivity index (χ3v) is 5.55. The summed E-state index contributed by atoms with van der Waals surface area (Å²) < 4.78 is 28.3. The summed E-state index contributed by atoms with van der Waals surface area (Å²) in [5.41, 5.74) is -1.03. The maximum absolute atomic E-state index is 13.8. The van der Waals surface area contributed by atoms with Crippen molar-refractivity contribution in [1.29, 1.82) is 0 Å². The van der Waals surface area contributed by atoms with Gasteiger partial charge in [0, 0.05) is 43.5 Å². The van der Waals surface area contributed by atoms with Gasteiger partial charge < -0.3 is 19.6 Å². The van der Waals surface area contributed by atoms with Crippen molar-refractivity contribution >= 4 is 11.8 Å². The number of rotatable bonds is 4. The van der Waals surface area contributed by atoms with Gasteiger partial charge >= 0.3 is 0 Å². The fourth-order valence-electron chi connectivity index (χ4n) is 4.03. The predicted molar refractivity (Wildman–Crippen MR) is 102 cm³/mol. The summed E-state index contributed by atoms with van der Waals surface area (Å²) in [7, 11) is 0. The van der Waals surface area contributed by atoms with Crippen molar-refractivity contribution < 1.29 is 23.2 Å². The molecule has 1 aromatic carbocycles. The Balaban J connectivity index is 1.65. The third-order valence-electron chi connectivity index (χ3n) is 5.55. The van der Waals surface area contributed by atoms with Crippen molar-refractivity contribution in [3.8, 4) is 5.75 Å². The molecule has 8 nitrogen and oxygen atoms in total. The van der Waals surface area contributed by atoms with E-state index in [9.17, 15) is 23.2 Å². The molecule has 30 heavy (non-hydrogen) atoms. The summed E-state index contributed by atoms with van der Waals surface area (Å²) in [6.07, 6.45) is 3.99. The van der Waals surface area contributed by atoms with Gasteiger partial charge in [0.05, 0.1) is 0 Å². The predicted octanol–water partition coefficient (Wildman–Crippen LogP) is 1.32. The lowest BCUT2D eigenvalue weighted by Crippen LogP contribution is -2.51. The van der Waals surface area contributed by atoms with Crippen LogP contribution in [0.2, 0.25) is 0 Å². The number of nitrogens with two attached hydrogens (primary N) is 1. The lowest BCUT2D eigenvalue weighted by atomic mass is 9.98. The number of piperidine rings is 1. The van der Waals surface area contributed by atoms with E-state index >= 15 is 0 Å². The van der Waals surface area contributed by atoms with Crippen LogP contribution < -0.4 is 21.5 Å². The van der Waals surface area contributed by atoms with Gasteiger partial charge in [0.1, 0.15) is 17.2 Å². The molecule has 0 aliphatic carbocycles. The summed E-state index contributed by atoms with van der Waals surface area (Å²) in [5, 5.41) is 2.44. The van der Waals surface area contributed by atoms with E-state index in [4.69, 9.17) is 10.7 Å². The number of nitrogens with one attached hydrogen (secondary N) is 1. The van der Waals surface area contributed by atoms with Crippen LogP contribution in [0.15, 0.2) is 29.2 Å². The quantitative estimate of drug-likeness (QED) is 0.729. The lowest BCUT2D eigenvalue weighted by Gasteiger charge is -2.40.